The Morgan fingerprint density at radius 2 is 1.91 bits per heavy atom. The summed E-state index contributed by atoms with van der Waals surface area (Å²) in [7, 11) is 0. The van der Waals surface area contributed by atoms with Gasteiger partial charge in [0, 0.05) is 32.2 Å². The standard InChI is InChI=1S/C23H32N2O7/c26-17-12-25(11-16-1-4-20-21(9-16)31-15-30-20)19-3-2-18(32-22(19)14-29-13-17)10-23(27)24-5-7-28-8-6-24/h1,4,9,17-19,22,26H,2-3,5-8,10-15H2/t17-,18+,19+,22-/m1/s1. The zero-order valence-electron chi connectivity index (χ0n) is 18.3. The van der Waals surface area contributed by atoms with Gasteiger partial charge < -0.3 is 33.7 Å². The third-order valence-electron chi connectivity index (χ3n) is 6.68. The highest BCUT2D eigenvalue weighted by atomic mass is 16.7. The monoisotopic (exact) mass is 448 g/mol. The highest BCUT2D eigenvalue weighted by Gasteiger charge is 2.38. The predicted molar refractivity (Wildman–Crippen MR) is 113 cm³/mol. The highest BCUT2D eigenvalue weighted by molar-refractivity contribution is 5.76. The zero-order chi connectivity index (χ0) is 21.9. The summed E-state index contributed by atoms with van der Waals surface area (Å²) in [5, 5.41) is 10.4. The number of nitrogens with zero attached hydrogens (tertiary/aromatic N) is 2. The van der Waals surface area contributed by atoms with Crippen LogP contribution in [0.15, 0.2) is 18.2 Å². The lowest BCUT2D eigenvalue weighted by molar-refractivity contribution is -0.162. The summed E-state index contributed by atoms with van der Waals surface area (Å²) in [4.78, 5) is 16.8. The molecule has 0 spiro atoms. The van der Waals surface area contributed by atoms with Gasteiger partial charge >= 0.3 is 0 Å². The fourth-order valence-corrected chi connectivity index (χ4v) is 5.04. The van der Waals surface area contributed by atoms with Gasteiger partial charge in [-0.1, -0.05) is 6.07 Å². The van der Waals surface area contributed by atoms with Crippen LogP contribution in [0.5, 0.6) is 11.5 Å². The molecule has 3 fully saturated rings. The molecule has 1 amide bonds. The first-order chi connectivity index (χ1) is 15.7. The Morgan fingerprint density at radius 3 is 2.78 bits per heavy atom. The second kappa shape index (κ2) is 9.93. The molecule has 1 aromatic rings. The van der Waals surface area contributed by atoms with E-state index < -0.39 is 6.10 Å². The van der Waals surface area contributed by atoms with Crippen LogP contribution in [0.3, 0.4) is 0 Å². The number of β-amino-alcohol motifs (C(OH)–C–C–N with tert-alkyl or cyclic N) is 1. The second-order valence-corrected chi connectivity index (χ2v) is 8.95. The quantitative estimate of drug-likeness (QED) is 0.723. The highest BCUT2D eigenvalue weighted by Crippen LogP contribution is 2.34. The van der Waals surface area contributed by atoms with Crippen molar-refractivity contribution in [2.24, 2.45) is 0 Å². The summed E-state index contributed by atoms with van der Waals surface area (Å²) in [5.41, 5.74) is 1.10. The normalized spacial score (nSPS) is 31.0. The number of benzene rings is 1. The van der Waals surface area contributed by atoms with Crippen LogP contribution < -0.4 is 9.47 Å². The van der Waals surface area contributed by atoms with Gasteiger partial charge in [-0.25, -0.2) is 0 Å². The summed E-state index contributed by atoms with van der Waals surface area (Å²) >= 11 is 0. The van der Waals surface area contributed by atoms with Gasteiger partial charge in [-0.3, -0.25) is 9.69 Å². The van der Waals surface area contributed by atoms with E-state index in [4.69, 9.17) is 23.7 Å². The molecule has 3 saturated heterocycles. The van der Waals surface area contributed by atoms with E-state index in [0.29, 0.717) is 52.4 Å². The lowest BCUT2D eigenvalue weighted by Gasteiger charge is -2.44. The van der Waals surface area contributed by atoms with Crippen LogP contribution in [0.25, 0.3) is 0 Å². The zero-order valence-corrected chi connectivity index (χ0v) is 18.3. The SMILES string of the molecule is O=C(C[C@@H]1CC[C@H]2[C@@H](COC[C@H](O)CN2Cc2ccc3c(c2)OCO3)O1)N1CCOCC1. The van der Waals surface area contributed by atoms with E-state index >= 15 is 0 Å². The van der Waals surface area contributed by atoms with Crippen molar-refractivity contribution in [1.82, 2.24) is 9.80 Å². The van der Waals surface area contributed by atoms with Crippen molar-refractivity contribution in [3.63, 3.8) is 0 Å². The average Bonchev–Trinajstić information content (AvgIpc) is 3.26. The van der Waals surface area contributed by atoms with Crippen LogP contribution in [-0.4, -0.2) is 98.0 Å². The van der Waals surface area contributed by atoms with Crippen LogP contribution in [0.1, 0.15) is 24.8 Å². The molecule has 176 valence electrons. The van der Waals surface area contributed by atoms with E-state index in [2.05, 4.69) is 4.90 Å². The fourth-order valence-electron chi connectivity index (χ4n) is 5.04. The average molecular weight is 449 g/mol. The second-order valence-electron chi connectivity index (χ2n) is 8.95. The molecule has 9 nitrogen and oxygen atoms in total. The van der Waals surface area contributed by atoms with E-state index in [1.807, 2.05) is 23.1 Å². The molecule has 9 heteroatoms. The molecule has 0 radical (unpaired) electrons. The smallest absolute Gasteiger partial charge is 0.231 e. The summed E-state index contributed by atoms with van der Waals surface area (Å²) in [6.07, 6.45) is 1.32. The van der Waals surface area contributed by atoms with Crippen molar-refractivity contribution in [3.8, 4) is 11.5 Å². The summed E-state index contributed by atoms with van der Waals surface area (Å²) in [6, 6.07) is 6.10. The number of carbonyl (C=O) groups is 1. The number of morpholine rings is 1. The van der Waals surface area contributed by atoms with E-state index in [1.54, 1.807) is 0 Å². The maximum absolute atomic E-state index is 12.7. The van der Waals surface area contributed by atoms with Crippen molar-refractivity contribution in [2.75, 3.05) is 52.9 Å². The van der Waals surface area contributed by atoms with Gasteiger partial charge in [0.15, 0.2) is 11.5 Å². The molecule has 0 saturated carbocycles. The minimum atomic E-state index is -0.550. The Hall–Kier alpha value is -1.91. The number of aliphatic hydroxyl groups excluding tert-OH is 1. The van der Waals surface area contributed by atoms with Gasteiger partial charge in [0.05, 0.1) is 51.2 Å². The molecule has 0 unspecified atom stereocenters. The van der Waals surface area contributed by atoms with Gasteiger partial charge in [-0.15, -0.1) is 0 Å². The molecule has 32 heavy (non-hydrogen) atoms. The minimum Gasteiger partial charge on any atom is -0.454 e. The van der Waals surface area contributed by atoms with Gasteiger partial charge in [0.25, 0.3) is 0 Å². The number of amides is 1. The van der Waals surface area contributed by atoms with Gasteiger partial charge in [-0.2, -0.15) is 0 Å². The van der Waals surface area contributed by atoms with Crippen LogP contribution in [-0.2, 0) is 25.5 Å². The lowest BCUT2D eigenvalue weighted by atomic mass is 9.94. The molecule has 4 aliphatic heterocycles. The van der Waals surface area contributed by atoms with Crippen molar-refractivity contribution in [2.45, 2.75) is 50.2 Å². The van der Waals surface area contributed by atoms with Crippen LogP contribution in [0, 0.1) is 0 Å². The van der Waals surface area contributed by atoms with Crippen LogP contribution in [0.2, 0.25) is 0 Å². The van der Waals surface area contributed by atoms with Gasteiger partial charge in [0.2, 0.25) is 12.7 Å². The first-order valence-electron chi connectivity index (χ1n) is 11.5. The fraction of sp³-hybridized carbons (Fsp3) is 0.696. The van der Waals surface area contributed by atoms with Crippen LogP contribution >= 0.6 is 0 Å². The molecular weight excluding hydrogens is 416 g/mol. The van der Waals surface area contributed by atoms with Gasteiger partial charge in [0.1, 0.15) is 0 Å². The molecular formula is C23H32N2O7. The first kappa shape index (κ1) is 21.9. The Labute approximate surface area is 188 Å². The molecule has 1 N–H and O–H groups in total. The number of fused-ring (bicyclic) bond motifs is 2. The molecule has 0 aliphatic carbocycles. The molecule has 4 heterocycles. The van der Waals surface area contributed by atoms with E-state index in [0.717, 1.165) is 29.9 Å². The van der Waals surface area contributed by atoms with Gasteiger partial charge in [-0.05, 0) is 30.5 Å². The largest absolute Gasteiger partial charge is 0.454 e. The third kappa shape index (κ3) is 5.02. The molecule has 1 aromatic carbocycles. The Bertz CT molecular complexity index is 801. The maximum atomic E-state index is 12.7. The lowest BCUT2D eigenvalue weighted by Crippen LogP contribution is -2.55. The van der Waals surface area contributed by atoms with E-state index in [1.165, 1.54) is 0 Å². The summed E-state index contributed by atoms with van der Waals surface area (Å²) < 4.78 is 28.4. The number of carbonyl (C=O) groups excluding carboxylic acids is 1. The number of ether oxygens (including phenoxy) is 5. The number of rotatable bonds is 4. The van der Waals surface area contributed by atoms with Crippen molar-refractivity contribution >= 4 is 5.91 Å². The topological polar surface area (TPSA) is 89.9 Å². The molecule has 4 aliphatic rings. The molecule has 0 aromatic heterocycles. The van der Waals surface area contributed by atoms with Crippen LogP contribution in [0.4, 0.5) is 0 Å². The Kier molecular flexibility index (Phi) is 6.80. The third-order valence-corrected chi connectivity index (χ3v) is 6.68. The van der Waals surface area contributed by atoms with Crippen molar-refractivity contribution < 1.29 is 33.6 Å². The summed E-state index contributed by atoms with van der Waals surface area (Å²) in [6.45, 7) is 4.65. The molecule has 0 bridgehead atoms. The Morgan fingerprint density at radius 1 is 1.06 bits per heavy atom. The number of aliphatic hydroxyl groups is 1. The number of hydrogen-bond acceptors (Lipinski definition) is 8. The van der Waals surface area contributed by atoms with Crippen molar-refractivity contribution in [3.05, 3.63) is 23.8 Å². The van der Waals surface area contributed by atoms with E-state index in [-0.39, 0.29) is 37.6 Å². The maximum Gasteiger partial charge on any atom is 0.231 e. The first-order valence-corrected chi connectivity index (χ1v) is 11.5. The Balaban J connectivity index is 1.24. The summed E-state index contributed by atoms with van der Waals surface area (Å²) in [5.74, 6) is 1.66. The molecule has 5 rings (SSSR count). The van der Waals surface area contributed by atoms with E-state index in [9.17, 15) is 9.90 Å². The molecule has 4 atom stereocenters. The van der Waals surface area contributed by atoms with Crippen molar-refractivity contribution in [1.29, 1.82) is 0 Å². The minimum absolute atomic E-state index is 0.105. The predicted octanol–water partition coefficient (Wildman–Crippen LogP) is 0.774. The number of hydrogen-bond donors (Lipinski definition) is 1.